The molecule has 9 heteroatoms. The van der Waals surface area contributed by atoms with Crippen LogP contribution in [0.25, 0.3) is 11.1 Å². The Balaban J connectivity index is 1.81. The van der Waals surface area contributed by atoms with Crippen molar-refractivity contribution in [1.29, 1.82) is 0 Å². The Bertz CT molecular complexity index is 1370. The minimum Gasteiger partial charge on any atom is -0.481 e. The number of nitrogens with one attached hydrogen (secondary N) is 1. The number of rotatable bonds is 5. The highest BCUT2D eigenvalue weighted by Crippen LogP contribution is 2.52. The molecule has 2 aliphatic rings. The zero-order valence-electron chi connectivity index (χ0n) is 18.6. The quantitative estimate of drug-likeness (QED) is 0.497. The number of piperazine rings is 1. The molecule has 4 N–H and O–H groups in total. The molecule has 1 amide bonds. The number of carbonyl (C=O) groups is 2. The van der Waals surface area contributed by atoms with Gasteiger partial charge in [0.2, 0.25) is 5.91 Å². The lowest BCUT2D eigenvalue weighted by atomic mass is 9.82. The van der Waals surface area contributed by atoms with Crippen molar-refractivity contribution in [3.05, 3.63) is 87.4 Å². The molecule has 180 valence electrons. The molecule has 2 aliphatic heterocycles. The number of halogens is 3. The Labute approximate surface area is 205 Å². The van der Waals surface area contributed by atoms with Gasteiger partial charge in [0.1, 0.15) is 11.6 Å². The number of carboxylic acid groups (broad SMARTS) is 1. The third-order valence-electron chi connectivity index (χ3n) is 6.90. The number of carbonyl (C=O) groups excluding carboxylic acids is 1. The number of primary amides is 1. The third-order valence-corrected chi connectivity index (χ3v) is 7.27. The van der Waals surface area contributed by atoms with E-state index in [1.54, 1.807) is 0 Å². The molecule has 3 aromatic rings. The van der Waals surface area contributed by atoms with E-state index < -0.39 is 35.5 Å². The van der Waals surface area contributed by atoms with Crippen molar-refractivity contribution in [2.45, 2.75) is 18.4 Å². The van der Waals surface area contributed by atoms with E-state index in [4.69, 9.17) is 17.3 Å². The fourth-order valence-electron chi connectivity index (χ4n) is 5.40. The lowest BCUT2D eigenvalue weighted by molar-refractivity contribution is -0.136. The Morgan fingerprint density at radius 1 is 1.14 bits per heavy atom. The first-order valence-corrected chi connectivity index (χ1v) is 11.5. The molecule has 2 heterocycles. The summed E-state index contributed by atoms with van der Waals surface area (Å²) < 4.78 is 31.1. The molecule has 1 saturated heterocycles. The number of nitrogens with zero attached hydrogens (tertiary/aromatic N) is 1. The van der Waals surface area contributed by atoms with Gasteiger partial charge in [-0.05, 0) is 28.8 Å². The van der Waals surface area contributed by atoms with E-state index >= 15 is 8.78 Å². The summed E-state index contributed by atoms with van der Waals surface area (Å²) in [6, 6.07) is 13.6. The van der Waals surface area contributed by atoms with Gasteiger partial charge >= 0.3 is 5.97 Å². The number of hydrogen-bond acceptors (Lipinski definition) is 4. The SMILES string of the molecule is NC(=O)c1ccc(CC(=O)O)c(F)c1-c1c(Cl)c(F)cc2c1CC1(c3ccccc3)CNCCN21. The average molecular weight is 498 g/mol. The van der Waals surface area contributed by atoms with Gasteiger partial charge in [0.25, 0.3) is 0 Å². The van der Waals surface area contributed by atoms with Gasteiger partial charge in [-0.15, -0.1) is 0 Å². The number of hydrogen-bond donors (Lipinski definition) is 3. The molecule has 0 aliphatic carbocycles. The Kier molecular flexibility index (Phi) is 5.73. The molecule has 1 atom stereocenters. The highest BCUT2D eigenvalue weighted by molar-refractivity contribution is 6.34. The van der Waals surface area contributed by atoms with Crippen LogP contribution in [-0.2, 0) is 23.2 Å². The molecule has 0 saturated carbocycles. The van der Waals surface area contributed by atoms with Gasteiger partial charge in [-0.3, -0.25) is 9.59 Å². The Morgan fingerprint density at radius 2 is 1.89 bits per heavy atom. The smallest absolute Gasteiger partial charge is 0.307 e. The molecule has 1 unspecified atom stereocenters. The van der Waals surface area contributed by atoms with Crippen LogP contribution in [0.1, 0.15) is 27.0 Å². The molecule has 0 aromatic heterocycles. The summed E-state index contributed by atoms with van der Waals surface area (Å²) >= 11 is 6.46. The second-order valence-corrected chi connectivity index (χ2v) is 9.22. The van der Waals surface area contributed by atoms with E-state index in [0.29, 0.717) is 37.3 Å². The van der Waals surface area contributed by atoms with Crippen molar-refractivity contribution in [3.63, 3.8) is 0 Å². The fraction of sp³-hybridized carbons (Fsp3) is 0.231. The van der Waals surface area contributed by atoms with Crippen LogP contribution < -0.4 is 16.0 Å². The van der Waals surface area contributed by atoms with Crippen molar-refractivity contribution in [2.24, 2.45) is 5.73 Å². The largest absolute Gasteiger partial charge is 0.481 e. The number of carboxylic acids is 1. The van der Waals surface area contributed by atoms with Crippen molar-refractivity contribution in [3.8, 4) is 11.1 Å². The van der Waals surface area contributed by atoms with E-state index in [0.717, 1.165) is 5.56 Å². The first kappa shape index (κ1) is 23.3. The Morgan fingerprint density at radius 3 is 2.57 bits per heavy atom. The normalized spacial score (nSPS) is 18.8. The molecule has 1 fully saturated rings. The molecular weight excluding hydrogens is 476 g/mol. The molecule has 3 aromatic carbocycles. The first-order valence-electron chi connectivity index (χ1n) is 11.1. The summed E-state index contributed by atoms with van der Waals surface area (Å²) in [5, 5.41) is 12.3. The van der Waals surface area contributed by atoms with E-state index in [2.05, 4.69) is 10.2 Å². The van der Waals surface area contributed by atoms with E-state index in [1.807, 2.05) is 30.3 Å². The second-order valence-electron chi connectivity index (χ2n) is 8.84. The number of aliphatic carboxylic acids is 1. The molecule has 35 heavy (non-hydrogen) atoms. The molecular formula is C26H22ClF2N3O3. The fourth-order valence-corrected chi connectivity index (χ4v) is 5.67. The van der Waals surface area contributed by atoms with E-state index in [9.17, 15) is 14.7 Å². The summed E-state index contributed by atoms with van der Waals surface area (Å²) in [6.45, 7) is 1.81. The first-order chi connectivity index (χ1) is 16.7. The van der Waals surface area contributed by atoms with Crippen LogP contribution >= 0.6 is 11.6 Å². The predicted molar refractivity (Wildman–Crippen MR) is 129 cm³/mol. The summed E-state index contributed by atoms with van der Waals surface area (Å²) in [4.78, 5) is 25.7. The monoisotopic (exact) mass is 497 g/mol. The van der Waals surface area contributed by atoms with Crippen molar-refractivity contribution >= 4 is 29.2 Å². The number of amides is 1. The second kappa shape index (κ2) is 8.62. The zero-order valence-corrected chi connectivity index (χ0v) is 19.3. The summed E-state index contributed by atoms with van der Waals surface area (Å²) in [5.74, 6) is -3.88. The summed E-state index contributed by atoms with van der Waals surface area (Å²) in [5.41, 5.74) is 6.55. The molecule has 6 nitrogen and oxygen atoms in total. The number of benzene rings is 3. The van der Waals surface area contributed by atoms with Gasteiger partial charge in [-0.1, -0.05) is 48.0 Å². The lowest BCUT2D eigenvalue weighted by Gasteiger charge is -2.45. The Hall–Kier alpha value is -3.49. The van der Waals surface area contributed by atoms with Crippen LogP contribution in [0.3, 0.4) is 0 Å². The molecule has 0 radical (unpaired) electrons. The van der Waals surface area contributed by atoms with Crippen LogP contribution in [0.5, 0.6) is 0 Å². The van der Waals surface area contributed by atoms with E-state index in [1.165, 1.54) is 18.2 Å². The number of anilines is 1. The average Bonchev–Trinajstić information content (AvgIpc) is 3.17. The zero-order chi connectivity index (χ0) is 24.9. The van der Waals surface area contributed by atoms with Crippen molar-refractivity contribution < 1.29 is 23.5 Å². The van der Waals surface area contributed by atoms with Gasteiger partial charge < -0.3 is 21.1 Å². The van der Waals surface area contributed by atoms with Crippen LogP contribution in [0.2, 0.25) is 5.02 Å². The minimum absolute atomic E-state index is 0.0323. The maximum absolute atomic E-state index is 15.8. The highest BCUT2D eigenvalue weighted by atomic mass is 35.5. The van der Waals surface area contributed by atoms with Crippen molar-refractivity contribution in [1.82, 2.24) is 5.32 Å². The molecule has 5 rings (SSSR count). The highest BCUT2D eigenvalue weighted by Gasteiger charge is 2.48. The van der Waals surface area contributed by atoms with Gasteiger partial charge in [-0.25, -0.2) is 8.78 Å². The van der Waals surface area contributed by atoms with Gasteiger partial charge in [0.15, 0.2) is 0 Å². The third kappa shape index (κ3) is 3.64. The van der Waals surface area contributed by atoms with E-state index in [-0.39, 0.29) is 27.3 Å². The number of fused-ring (bicyclic) bond motifs is 3. The minimum atomic E-state index is -1.25. The maximum Gasteiger partial charge on any atom is 0.307 e. The van der Waals surface area contributed by atoms with Crippen LogP contribution in [0, 0.1) is 11.6 Å². The molecule has 0 bridgehead atoms. The predicted octanol–water partition coefficient (Wildman–Crippen LogP) is 3.87. The number of nitrogens with two attached hydrogens (primary N) is 1. The van der Waals surface area contributed by atoms with Crippen LogP contribution in [0.4, 0.5) is 14.5 Å². The molecule has 0 spiro atoms. The lowest BCUT2D eigenvalue weighted by Crippen LogP contribution is -2.57. The van der Waals surface area contributed by atoms with Crippen LogP contribution in [0.15, 0.2) is 48.5 Å². The summed E-state index contributed by atoms with van der Waals surface area (Å²) in [6.07, 6.45) is -0.244. The van der Waals surface area contributed by atoms with Gasteiger partial charge in [0.05, 0.1) is 17.0 Å². The van der Waals surface area contributed by atoms with Crippen molar-refractivity contribution in [2.75, 3.05) is 24.5 Å². The summed E-state index contributed by atoms with van der Waals surface area (Å²) in [7, 11) is 0. The maximum atomic E-state index is 15.8. The van der Waals surface area contributed by atoms with Gasteiger partial charge in [0, 0.05) is 48.4 Å². The van der Waals surface area contributed by atoms with Crippen LogP contribution in [-0.4, -0.2) is 36.6 Å². The topological polar surface area (TPSA) is 95.7 Å². The van der Waals surface area contributed by atoms with Gasteiger partial charge in [-0.2, -0.15) is 0 Å². The standard InChI is InChI=1S/C26H22ClF2N3O3/c27-23-18(28)11-19-17(12-26(13-31-8-9-32(19)26)15-4-2-1-3-5-15)21(23)22-16(25(30)35)7-6-14(24(22)29)10-20(33)34/h1-7,11,31H,8-10,12-13H2,(H2,30,35)(H,33,34).